The van der Waals surface area contributed by atoms with E-state index in [9.17, 15) is 21.6 Å². The number of sulfonamides is 1. The van der Waals surface area contributed by atoms with Crippen LogP contribution in [0.1, 0.15) is 32.3 Å². The maximum atomic E-state index is 12.6. The minimum absolute atomic E-state index is 0.0828. The molecule has 0 radical (unpaired) electrons. The fourth-order valence-corrected chi connectivity index (χ4v) is 6.65. The van der Waals surface area contributed by atoms with Gasteiger partial charge in [0.15, 0.2) is 0 Å². The monoisotopic (exact) mass is 575 g/mol. The average molecular weight is 576 g/mol. The first-order valence-electron chi connectivity index (χ1n) is 13.0. The molecule has 4 heterocycles. The molecule has 0 aliphatic carbocycles. The van der Waals surface area contributed by atoms with Crippen molar-refractivity contribution in [3.63, 3.8) is 0 Å². The second-order valence-corrected chi connectivity index (χ2v) is 13.3. The smallest absolute Gasteiger partial charge is 0.406 e. The van der Waals surface area contributed by atoms with Crippen LogP contribution in [0.2, 0.25) is 0 Å². The van der Waals surface area contributed by atoms with Gasteiger partial charge < -0.3 is 4.74 Å². The van der Waals surface area contributed by atoms with Gasteiger partial charge in [-0.05, 0) is 72.6 Å². The molecule has 1 aromatic carbocycles. The Kier molecular flexibility index (Phi) is 7.20. The number of aromatic nitrogens is 4. The van der Waals surface area contributed by atoms with Gasteiger partial charge in [-0.25, -0.2) is 17.7 Å². The summed E-state index contributed by atoms with van der Waals surface area (Å²) < 4.78 is 71.2. The zero-order valence-electron chi connectivity index (χ0n) is 22.8. The Hall–Kier alpha value is -3.38. The highest BCUT2D eigenvalue weighted by Gasteiger charge is 2.37. The van der Waals surface area contributed by atoms with E-state index in [2.05, 4.69) is 29.9 Å². The molecule has 8 nitrogen and oxygen atoms in total. The summed E-state index contributed by atoms with van der Waals surface area (Å²) >= 11 is 0. The molecule has 4 aromatic rings. The quantitative estimate of drug-likeness (QED) is 0.288. The first kappa shape index (κ1) is 28.2. The van der Waals surface area contributed by atoms with Gasteiger partial charge in [-0.3, -0.25) is 9.25 Å². The molecule has 1 aliphatic rings. The van der Waals surface area contributed by atoms with Crippen molar-refractivity contribution in [2.75, 3.05) is 19.3 Å². The molecule has 0 N–H and O–H groups in total. The SMILES string of the molecule is CN1CC(C(C)(C)CCc2cn(-c3cnn(C)c3)c3nc(-c4ccc(OC(F)(F)F)cc4)ccc23)CCS1(=O)=O. The fraction of sp³-hybridized carbons (Fsp3) is 0.429. The number of aryl methyl sites for hydroxylation is 2. The molecular weight excluding hydrogens is 543 g/mol. The van der Waals surface area contributed by atoms with Gasteiger partial charge in [0.05, 0.1) is 23.3 Å². The van der Waals surface area contributed by atoms with Crippen molar-refractivity contribution in [2.45, 2.75) is 39.5 Å². The first-order chi connectivity index (χ1) is 18.7. The lowest BCUT2D eigenvalue weighted by Gasteiger charge is -2.40. The number of fused-ring (bicyclic) bond motifs is 1. The predicted molar refractivity (Wildman–Crippen MR) is 147 cm³/mol. The number of pyridine rings is 1. The molecule has 0 bridgehead atoms. The largest absolute Gasteiger partial charge is 0.573 e. The van der Waals surface area contributed by atoms with Crippen molar-refractivity contribution in [1.29, 1.82) is 0 Å². The minimum atomic E-state index is -4.75. The van der Waals surface area contributed by atoms with Crippen LogP contribution in [0.3, 0.4) is 0 Å². The molecule has 0 amide bonds. The van der Waals surface area contributed by atoms with E-state index in [1.165, 1.54) is 16.4 Å². The summed E-state index contributed by atoms with van der Waals surface area (Å²) in [6.07, 6.45) is 3.24. The Balaban J connectivity index is 1.45. The molecule has 1 fully saturated rings. The van der Waals surface area contributed by atoms with Gasteiger partial charge in [-0.15, -0.1) is 13.2 Å². The Morgan fingerprint density at radius 2 is 1.77 bits per heavy atom. The maximum absolute atomic E-state index is 12.6. The van der Waals surface area contributed by atoms with Gasteiger partial charge in [0, 0.05) is 44.0 Å². The highest BCUT2D eigenvalue weighted by molar-refractivity contribution is 7.89. The molecule has 1 aliphatic heterocycles. The lowest BCUT2D eigenvalue weighted by atomic mass is 9.73. The summed E-state index contributed by atoms with van der Waals surface area (Å²) in [7, 11) is 0.332. The van der Waals surface area contributed by atoms with Crippen molar-refractivity contribution in [3.05, 3.63) is 60.6 Å². The lowest BCUT2D eigenvalue weighted by Crippen LogP contribution is -2.44. The number of ether oxygens (including phenoxy) is 1. The Morgan fingerprint density at radius 1 is 1.05 bits per heavy atom. The summed E-state index contributed by atoms with van der Waals surface area (Å²) in [5.41, 5.74) is 3.87. The van der Waals surface area contributed by atoms with Crippen LogP contribution in [-0.2, 0) is 23.5 Å². The van der Waals surface area contributed by atoms with Crippen LogP contribution in [0.4, 0.5) is 13.2 Å². The number of halogens is 3. The number of nitrogens with zero attached hydrogens (tertiary/aromatic N) is 5. The molecule has 0 spiro atoms. The Bertz CT molecular complexity index is 1630. The van der Waals surface area contributed by atoms with Crippen LogP contribution in [0, 0.1) is 11.3 Å². The number of benzene rings is 1. The molecule has 1 atom stereocenters. The second kappa shape index (κ2) is 10.2. The van der Waals surface area contributed by atoms with Gasteiger partial charge in [-0.2, -0.15) is 5.10 Å². The van der Waals surface area contributed by atoms with Crippen LogP contribution in [0.25, 0.3) is 28.0 Å². The second-order valence-electron chi connectivity index (χ2n) is 11.1. The number of rotatable bonds is 7. The van der Waals surface area contributed by atoms with Gasteiger partial charge in [0.1, 0.15) is 11.4 Å². The zero-order chi connectivity index (χ0) is 28.9. The third kappa shape index (κ3) is 5.87. The topological polar surface area (TPSA) is 82.2 Å². The van der Waals surface area contributed by atoms with Gasteiger partial charge >= 0.3 is 6.36 Å². The third-order valence-electron chi connectivity index (χ3n) is 7.91. The first-order valence-corrected chi connectivity index (χ1v) is 14.6. The zero-order valence-corrected chi connectivity index (χ0v) is 23.6. The number of hydrogen-bond donors (Lipinski definition) is 0. The van der Waals surface area contributed by atoms with Gasteiger partial charge in [-0.1, -0.05) is 13.8 Å². The van der Waals surface area contributed by atoms with E-state index in [1.54, 1.807) is 30.1 Å². The predicted octanol–water partition coefficient (Wildman–Crippen LogP) is 5.56. The minimum Gasteiger partial charge on any atom is -0.406 e. The van der Waals surface area contributed by atoms with Gasteiger partial charge in [0.25, 0.3) is 0 Å². The molecule has 5 rings (SSSR count). The normalized spacial score (nSPS) is 18.3. The average Bonchev–Trinajstić information content (AvgIpc) is 3.46. The molecule has 3 aromatic heterocycles. The van der Waals surface area contributed by atoms with Crippen LogP contribution in [0.5, 0.6) is 5.75 Å². The molecule has 40 heavy (non-hydrogen) atoms. The van der Waals surface area contributed by atoms with Crippen molar-refractivity contribution in [1.82, 2.24) is 23.6 Å². The van der Waals surface area contributed by atoms with Gasteiger partial charge in [0.2, 0.25) is 10.0 Å². The summed E-state index contributed by atoms with van der Waals surface area (Å²) in [5, 5.41) is 5.28. The summed E-state index contributed by atoms with van der Waals surface area (Å²) in [6, 6.07) is 9.51. The van der Waals surface area contributed by atoms with E-state index in [0.717, 1.165) is 35.1 Å². The molecular formula is C28H32F3N5O3S. The van der Waals surface area contributed by atoms with E-state index in [-0.39, 0.29) is 22.8 Å². The lowest BCUT2D eigenvalue weighted by molar-refractivity contribution is -0.274. The van der Waals surface area contributed by atoms with E-state index in [1.807, 2.05) is 29.9 Å². The Labute approximate surface area is 231 Å². The standard InChI is InChI=1S/C28H32F3N5O3S/c1-27(2,21-12-14-40(37,38)35(4)17-21)13-11-20-16-36(22-15-32-34(3)18-22)26-24(20)9-10-25(33-26)19-5-7-23(8-6-19)39-28(29,30)31/h5-10,15-16,18,21H,11-14,17H2,1-4H3. The van der Waals surface area contributed by atoms with E-state index in [0.29, 0.717) is 24.2 Å². The Morgan fingerprint density at radius 3 is 2.40 bits per heavy atom. The van der Waals surface area contributed by atoms with Crippen molar-refractivity contribution < 1.29 is 26.3 Å². The molecule has 214 valence electrons. The summed E-state index contributed by atoms with van der Waals surface area (Å²) in [6.45, 7) is 4.92. The molecule has 0 saturated carbocycles. The molecule has 1 unspecified atom stereocenters. The van der Waals surface area contributed by atoms with E-state index in [4.69, 9.17) is 4.98 Å². The molecule has 12 heteroatoms. The van der Waals surface area contributed by atoms with Crippen molar-refractivity contribution in [3.8, 4) is 22.7 Å². The van der Waals surface area contributed by atoms with E-state index < -0.39 is 16.4 Å². The summed E-state index contributed by atoms with van der Waals surface area (Å²) in [5.74, 6) is 0.137. The van der Waals surface area contributed by atoms with Crippen LogP contribution in [0.15, 0.2) is 55.0 Å². The van der Waals surface area contributed by atoms with Crippen molar-refractivity contribution >= 4 is 21.1 Å². The van der Waals surface area contributed by atoms with Crippen molar-refractivity contribution in [2.24, 2.45) is 18.4 Å². The number of hydrogen-bond acceptors (Lipinski definition) is 5. The fourth-order valence-electron chi connectivity index (χ4n) is 5.35. The van der Waals surface area contributed by atoms with Crippen LogP contribution >= 0.6 is 0 Å². The third-order valence-corrected chi connectivity index (χ3v) is 9.76. The molecule has 1 saturated heterocycles. The summed E-state index contributed by atoms with van der Waals surface area (Å²) in [4.78, 5) is 4.91. The maximum Gasteiger partial charge on any atom is 0.573 e. The van der Waals surface area contributed by atoms with E-state index >= 15 is 0 Å². The number of alkyl halides is 3. The van der Waals surface area contributed by atoms with Crippen LogP contribution < -0.4 is 4.74 Å². The highest BCUT2D eigenvalue weighted by Crippen LogP contribution is 2.39. The highest BCUT2D eigenvalue weighted by atomic mass is 32.2. The van der Waals surface area contributed by atoms with Crippen LogP contribution in [-0.4, -0.2) is 57.8 Å².